The third-order valence-electron chi connectivity index (χ3n) is 10.6. The molecular weight excluding hydrogens is 628 g/mol. The van der Waals surface area contributed by atoms with Gasteiger partial charge >= 0.3 is 12.1 Å². The first-order valence-electron chi connectivity index (χ1n) is 18.1. The van der Waals surface area contributed by atoms with Gasteiger partial charge in [0.2, 0.25) is 17.6 Å². The molecule has 13 nitrogen and oxygen atoms in total. The minimum Gasteiger partial charge on any atom is -0.447 e. The van der Waals surface area contributed by atoms with E-state index < -0.39 is 59.3 Å². The molecule has 1 heterocycles. The van der Waals surface area contributed by atoms with Crippen LogP contribution in [0.15, 0.2) is 12.7 Å². The van der Waals surface area contributed by atoms with E-state index in [-0.39, 0.29) is 42.2 Å². The molecule has 0 aromatic heterocycles. The second kappa shape index (κ2) is 17.3. The van der Waals surface area contributed by atoms with Crippen LogP contribution in [0.3, 0.4) is 0 Å². The van der Waals surface area contributed by atoms with Crippen molar-refractivity contribution in [3.05, 3.63) is 12.7 Å². The average molecular weight is 689 g/mol. The highest BCUT2D eigenvalue weighted by atomic mass is 16.5. The molecular formula is C36H60N6O7. The number of ketones is 1. The Kier molecular flexibility index (Phi) is 14.1. The molecule has 6 amide bonds. The summed E-state index contributed by atoms with van der Waals surface area (Å²) < 4.78 is 5.34. The van der Waals surface area contributed by atoms with E-state index in [2.05, 4.69) is 47.0 Å². The lowest BCUT2D eigenvalue weighted by atomic mass is 9.83. The third-order valence-corrected chi connectivity index (χ3v) is 10.6. The molecule has 1 saturated heterocycles. The molecule has 0 bridgehead atoms. The van der Waals surface area contributed by atoms with Crippen molar-refractivity contribution in [3.8, 4) is 0 Å². The summed E-state index contributed by atoms with van der Waals surface area (Å²) in [7, 11) is 0. The predicted molar refractivity (Wildman–Crippen MR) is 186 cm³/mol. The number of carbonyl (C=O) groups excluding carboxylic acids is 6. The smallest absolute Gasteiger partial charge is 0.407 e. The van der Waals surface area contributed by atoms with Crippen molar-refractivity contribution in [2.75, 3.05) is 26.2 Å². The average Bonchev–Trinajstić information content (AvgIpc) is 3.36. The number of unbranched alkanes of at least 4 members (excludes halogenated alkanes) is 1. The van der Waals surface area contributed by atoms with Crippen LogP contribution in [-0.4, -0.2) is 90.9 Å². The molecule has 0 radical (unpaired) electrons. The number of urea groups is 1. The van der Waals surface area contributed by atoms with Gasteiger partial charge in [0.25, 0.3) is 5.91 Å². The Hall–Kier alpha value is -3.64. The van der Waals surface area contributed by atoms with Crippen LogP contribution < -0.4 is 26.6 Å². The summed E-state index contributed by atoms with van der Waals surface area (Å²) in [5.74, 6) is -2.45. The van der Waals surface area contributed by atoms with Gasteiger partial charge in [-0.1, -0.05) is 79.7 Å². The van der Waals surface area contributed by atoms with Gasteiger partial charge in [-0.15, -0.1) is 6.58 Å². The minimum atomic E-state index is -1.02. The summed E-state index contributed by atoms with van der Waals surface area (Å²) in [5.41, 5.74) is -0.647. The largest absolute Gasteiger partial charge is 0.447 e. The highest BCUT2D eigenvalue weighted by molar-refractivity contribution is 6.38. The fraction of sp³-hybridized carbons (Fsp3) is 0.778. The number of Topliss-reactive ketones (excluding diaryl/α,β-unsaturated/α-hetero) is 1. The number of nitrogens with zero attached hydrogens (tertiary/aromatic N) is 1. The van der Waals surface area contributed by atoms with Gasteiger partial charge in [0, 0.05) is 19.6 Å². The number of hydrogen-bond donors (Lipinski definition) is 5. The fourth-order valence-corrected chi connectivity index (χ4v) is 7.39. The Balaban J connectivity index is 1.84. The molecule has 13 heteroatoms. The zero-order valence-corrected chi connectivity index (χ0v) is 30.6. The molecule has 0 aromatic rings. The van der Waals surface area contributed by atoms with E-state index in [0.717, 1.165) is 38.5 Å². The van der Waals surface area contributed by atoms with Crippen LogP contribution in [0.2, 0.25) is 0 Å². The predicted octanol–water partition coefficient (Wildman–Crippen LogP) is 3.42. The van der Waals surface area contributed by atoms with Gasteiger partial charge < -0.3 is 36.2 Å². The topological polar surface area (TPSA) is 175 Å². The molecule has 4 unspecified atom stereocenters. The fourth-order valence-electron chi connectivity index (χ4n) is 7.39. The Morgan fingerprint density at radius 2 is 1.65 bits per heavy atom. The first-order chi connectivity index (χ1) is 23.1. The van der Waals surface area contributed by atoms with Gasteiger partial charge in [0.15, 0.2) is 0 Å². The van der Waals surface area contributed by atoms with E-state index in [1.54, 1.807) is 11.8 Å². The van der Waals surface area contributed by atoms with Crippen molar-refractivity contribution < 1.29 is 33.5 Å². The number of likely N-dealkylation sites (tertiary alicyclic amines) is 1. The molecule has 5 N–H and O–H groups in total. The second-order valence-corrected chi connectivity index (χ2v) is 15.5. The first kappa shape index (κ1) is 39.8. The molecule has 3 fully saturated rings. The maximum Gasteiger partial charge on any atom is 0.407 e. The molecule has 2 saturated carbocycles. The van der Waals surface area contributed by atoms with E-state index in [1.165, 1.54) is 6.08 Å². The van der Waals surface area contributed by atoms with Gasteiger partial charge in [-0.3, -0.25) is 19.2 Å². The van der Waals surface area contributed by atoms with Crippen molar-refractivity contribution in [1.29, 1.82) is 0 Å². The highest BCUT2D eigenvalue weighted by Crippen LogP contribution is 2.65. The number of amides is 6. The van der Waals surface area contributed by atoms with Crippen LogP contribution >= 0.6 is 0 Å². The number of ether oxygens (including phenoxy) is 1. The Bertz CT molecular complexity index is 1220. The van der Waals surface area contributed by atoms with Crippen LogP contribution in [0.5, 0.6) is 0 Å². The van der Waals surface area contributed by atoms with Crippen LogP contribution in [0.1, 0.15) is 99.8 Å². The number of fused-ring (bicyclic) bond motifs is 1. The van der Waals surface area contributed by atoms with Gasteiger partial charge in [0.05, 0.1) is 12.1 Å². The van der Waals surface area contributed by atoms with Crippen molar-refractivity contribution in [2.45, 2.75) is 124 Å². The molecule has 1 aliphatic heterocycles. The van der Waals surface area contributed by atoms with E-state index in [9.17, 15) is 28.8 Å². The lowest BCUT2D eigenvalue weighted by Crippen LogP contribution is -2.61. The monoisotopic (exact) mass is 688 g/mol. The molecule has 2 aliphatic carbocycles. The summed E-state index contributed by atoms with van der Waals surface area (Å²) in [4.78, 5) is 81.5. The van der Waals surface area contributed by atoms with Crippen LogP contribution in [0, 0.1) is 28.6 Å². The lowest BCUT2D eigenvalue weighted by Gasteiger charge is -2.38. The zero-order chi connectivity index (χ0) is 36.5. The molecule has 3 aliphatic rings. The molecule has 0 aromatic carbocycles. The number of carbonyl (C=O) groups is 6. The van der Waals surface area contributed by atoms with E-state index in [1.807, 2.05) is 27.7 Å². The number of hydrogen-bond acceptors (Lipinski definition) is 7. The summed E-state index contributed by atoms with van der Waals surface area (Å²) in [5, 5.41) is 13.8. The molecule has 276 valence electrons. The van der Waals surface area contributed by atoms with Crippen LogP contribution in [0.4, 0.5) is 9.59 Å². The highest BCUT2D eigenvalue weighted by Gasteiger charge is 2.69. The second-order valence-electron chi connectivity index (χ2n) is 15.5. The van der Waals surface area contributed by atoms with E-state index >= 15 is 0 Å². The molecule has 3 rings (SSSR count). The van der Waals surface area contributed by atoms with Crippen LogP contribution in [0.25, 0.3) is 0 Å². The number of rotatable bonds is 16. The summed E-state index contributed by atoms with van der Waals surface area (Å²) in [6.07, 6.45) is 7.02. The quantitative estimate of drug-likeness (QED) is 0.122. The molecule has 6 atom stereocenters. The van der Waals surface area contributed by atoms with Gasteiger partial charge in [-0.05, 0) is 54.8 Å². The van der Waals surface area contributed by atoms with Crippen molar-refractivity contribution in [1.82, 2.24) is 31.5 Å². The maximum atomic E-state index is 14.5. The van der Waals surface area contributed by atoms with E-state index in [0.29, 0.717) is 25.9 Å². The Morgan fingerprint density at radius 1 is 0.980 bits per heavy atom. The summed E-state index contributed by atoms with van der Waals surface area (Å²) >= 11 is 0. The van der Waals surface area contributed by atoms with Crippen molar-refractivity contribution in [2.24, 2.45) is 28.6 Å². The summed E-state index contributed by atoms with van der Waals surface area (Å²) in [6, 6.07) is -3.83. The Morgan fingerprint density at radius 3 is 2.24 bits per heavy atom. The third kappa shape index (κ3) is 10.2. The molecule has 49 heavy (non-hydrogen) atoms. The molecule has 0 spiro atoms. The van der Waals surface area contributed by atoms with Crippen molar-refractivity contribution in [3.63, 3.8) is 0 Å². The van der Waals surface area contributed by atoms with Crippen molar-refractivity contribution >= 4 is 35.6 Å². The van der Waals surface area contributed by atoms with Gasteiger partial charge in [0.1, 0.15) is 18.7 Å². The summed E-state index contributed by atoms with van der Waals surface area (Å²) in [6.45, 7) is 18.1. The number of alkyl carbamates (subject to hydrolysis) is 1. The van der Waals surface area contributed by atoms with Crippen LogP contribution in [-0.2, 0) is 23.9 Å². The number of piperidine rings is 1. The van der Waals surface area contributed by atoms with E-state index in [4.69, 9.17) is 4.74 Å². The maximum absolute atomic E-state index is 14.5. The minimum absolute atomic E-state index is 0.0544. The first-order valence-corrected chi connectivity index (χ1v) is 18.1. The standard InChI is InChI=1S/C36H60N6O7/c1-9-12-18-24(29(43)31(45)38-19-10-2)39-30(44)28-26-23(36(26,7)8)20-42(28)32(46)27(22-16-14-13-15-17-22)41-33(47)40-25(35(4,5)6)21-49-34(48)37-11-3/h10,22-28H,2,9,11-21H2,1,3-8H3,(H,37,48)(H,38,45)(H,39,44)(H2,40,41,47)/t23-,24?,25?,26-,27?,28?/m0/s1. The van der Waals surface area contributed by atoms with Gasteiger partial charge in [-0.25, -0.2) is 9.59 Å². The van der Waals surface area contributed by atoms with Gasteiger partial charge in [-0.2, -0.15) is 0 Å². The zero-order valence-electron chi connectivity index (χ0n) is 30.6. The normalized spacial score (nSPS) is 23.2. The lowest BCUT2D eigenvalue weighted by molar-refractivity contribution is -0.144. The number of nitrogens with one attached hydrogen (secondary N) is 5. The Labute approximate surface area is 291 Å². The SMILES string of the molecule is C=CCNC(=O)C(=O)C(CCCC)NC(=O)C1[C@@H]2[C@H](CN1C(=O)C(NC(=O)NC(COC(=O)NCC)C(C)(C)C)C1CCCCC1)C2(C)C.